The number of benzene rings is 2. The molecule has 0 radical (unpaired) electrons. The molecule has 0 bridgehead atoms. The minimum atomic E-state index is 0.419. The highest BCUT2D eigenvalue weighted by Crippen LogP contribution is 2.33. The van der Waals surface area contributed by atoms with Gasteiger partial charge in [0.25, 0.3) is 0 Å². The number of aryl methyl sites for hydroxylation is 2. The first-order chi connectivity index (χ1) is 13.0. The van der Waals surface area contributed by atoms with Gasteiger partial charge in [-0.2, -0.15) is 0 Å². The van der Waals surface area contributed by atoms with E-state index >= 15 is 0 Å². The summed E-state index contributed by atoms with van der Waals surface area (Å²) in [6.45, 7) is 4.03. The SMILES string of the molecule is Cc1ccc2nc(Nc3ncnc(Nc4ccc(Cl)cc4C)c3N)sc2c1. The molecule has 4 aromatic rings. The monoisotopic (exact) mass is 396 g/mol. The van der Waals surface area contributed by atoms with E-state index in [1.165, 1.54) is 11.9 Å². The van der Waals surface area contributed by atoms with E-state index in [1.54, 1.807) is 11.3 Å². The second-order valence-electron chi connectivity index (χ2n) is 6.18. The van der Waals surface area contributed by atoms with Crippen LogP contribution in [0.1, 0.15) is 11.1 Å². The third kappa shape index (κ3) is 3.65. The number of nitrogens with zero attached hydrogens (tertiary/aromatic N) is 3. The predicted octanol–water partition coefficient (Wildman–Crippen LogP) is 5.43. The second-order valence-corrected chi connectivity index (χ2v) is 7.65. The van der Waals surface area contributed by atoms with Gasteiger partial charge in [-0.3, -0.25) is 0 Å². The number of aromatic nitrogens is 3. The number of anilines is 5. The van der Waals surface area contributed by atoms with Crippen molar-refractivity contribution in [2.45, 2.75) is 13.8 Å². The van der Waals surface area contributed by atoms with Crippen LogP contribution in [0, 0.1) is 13.8 Å². The molecule has 0 aliphatic rings. The first kappa shape index (κ1) is 17.5. The van der Waals surface area contributed by atoms with E-state index in [1.807, 2.05) is 37.3 Å². The summed E-state index contributed by atoms with van der Waals surface area (Å²) in [5.74, 6) is 1.03. The van der Waals surface area contributed by atoms with Crippen LogP contribution in [0.2, 0.25) is 5.02 Å². The molecule has 0 spiro atoms. The molecular formula is C19H17ClN6S. The van der Waals surface area contributed by atoms with E-state index in [0.717, 1.165) is 26.6 Å². The standard InChI is InChI=1S/C19H17ClN6S/c1-10-3-5-14-15(7-10)27-19(25-14)26-18-16(21)17(22-9-23-18)24-13-6-4-12(20)8-11(13)2/h3-9H,21H2,1-2H3,(H2,22,23,24,25,26). The zero-order valence-electron chi connectivity index (χ0n) is 14.7. The Hall–Kier alpha value is -2.90. The Kier molecular flexibility index (Phi) is 4.55. The fourth-order valence-corrected chi connectivity index (χ4v) is 3.87. The van der Waals surface area contributed by atoms with Gasteiger partial charge in [0.2, 0.25) is 0 Å². The van der Waals surface area contributed by atoms with Crippen molar-refractivity contribution in [3.05, 3.63) is 58.9 Å². The summed E-state index contributed by atoms with van der Waals surface area (Å²) in [6, 6.07) is 11.7. The van der Waals surface area contributed by atoms with E-state index in [4.69, 9.17) is 17.3 Å². The van der Waals surface area contributed by atoms with Crippen LogP contribution in [-0.4, -0.2) is 15.0 Å². The van der Waals surface area contributed by atoms with Gasteiger partial charge in [-0.05, 0) is 55.3 Å². The van der Waals surface area contributed by atoms with Gasteiger partial charge < -0.3 is 16.4 Å². The summed E-state index contributed by atoms with van der Waals surface area (Å²) < 4.78 is 1.11. The van der Waals surface area contributed by atoms with Crippen LogP contribution in [-0.2, 0) is 0 Å². The first-order valence-corrected chi connectivity index (χ1v) is 9.47. The van der Waals surface area contributed by atoms with Gasteiger partial charge in [-0.15, -0.1) is 0 Å². The van der Waals surface area contributed by atoms with E-state index < -0.39 is 0 Å². The molecule has 4 rings (SSSR count). The van der Waals surface area contributed by atoms with Crippen molar-refractivity contribution in [1.29, 1.82) is 0 Å². The number of rotatable bonds is 4. The fourth-order valence-electron chi connectivity index (χ4n) is 2.68. The fraction of sp³-hybridized carbons (Fsp3) is 0.105. The second kappa shape index (κ2) is 7.02. The largest absolute Gasteiger partial charge is 0.393 e. The third-order valence-electron chi connectivity index (χ3n) is 4.09. The van der Waals surface area contributed by atoms with Crippen molar-refractivity contribution < 1.29 is 0 Å². The molecule has 6 nitrogen and oxygen atoms in total. The summed E-state index contributed by atoms with van der Waals surface area (Å²) >= 11 is 7.57. The normalized spacial score (nSPS) is 10.9. The molecule has 0 saturated heterocycles. The molecule has 2 aromatic carbocycles. The van der Waals surface area contributed by atoms with Crippen molar-refractivity contribution >= 4 is 61.3 Å². The lowest BCUT2D eigenvalue weighted by atomic mass is 10.2. The number of nitrogens with two attached hydrogens (primary N) is 1. The van der Waals surface area contributed by atoms with Gasteiger partial charge in [0.1, 0.15) is 12.0 Å². The first-order valence-electron chi connectivity index (χ1n) is 8.27. The van der Waals surface area contributed by atoms with Crippen molar-refractivity contribution in [2.75, 3.05) is 16.4 Å². The Morgan fingerprint density at radius 1 is 1.00 bits per heavy atom. The highest BCUT2D eigenvalue weighted by Gasteiger charge is 2.12. The van der Waals surface area contributed by atoms with Gasteiger partial charge >= 0.3 is 0 Å². The van der Waals surface area contributed by atoms with E-state index in [0.29, 0.717) is 22.3 Å². The van der Waals surface area contributed by atoms with E-state index in [-0.39, 0.29) is 0 Å². The van der Waals surface area contributed by atoms with Gasteiger partial charge in [-0.25, -0.2) is 15.0 Å². The summed E-state index contributed by atoms with van der Waals surface area (Å²) in [6.07, 6.45) is 1.46. The average Bonchev–Trinajstić information content (AvgIpc) is 3.02. The summed E-state index contributed by atoms with van der Waals surface area (Å²) in [5, 5.41) is 7.85. The number of halogens is 1. The number of hydrogen-bond donors (Lipinski definition) is 3. The average molecular weight is 397 g/mol. The molecule has 2 heterocycles. The maximum Gasteiger partial charge on any atom is 0.189 e. The smallest absolute Gasteiger partial charge is 0.189 e. The number of thiazole rings is 1. The minimum absolute atomic E-state index is 0.419. The Morgan fingerprint density at radius 3 is 2.56 bits per heavy atom. The van der Waals surface area contributed by atoms with Gasteiger partial charge in [-0.1, -0.05) is 29.0 Å². The lowest BCUT2D eigenvalue weighted by Gasteiger charge is -2.13. The van der Waals surface area contributed by atoms with Crippen LogP contribution in [0.25, 0.3) is 10.2 Å². The van der Waals surface area contributed by atoms with Crippen LogP contribution < -0.4 is 16.4 Å². The molecule has 0 fully saturated rings. The van der Waals surface area contributed by atoms with Gasteiger partial charge in [0.05, 0.1) is 10.2 Å². The molecule has 0 unspecified atom stereocenters. The molecule has 27 heavy (non-hydrogen) atoms. The molecule has 0 atom stereocenters. The Labute approximate surface area is 165 Å². The van der Waals surface area contributed by atoms with Crippen LogP contribution in [0.3, 0.4) is 0 Å². The van der Waals surface area contributed by atoms with Crippen molar-refractivity contribution in [2.24, 2.45) is 0 Å². The minimum Gasteiger partial charge on any atom is -0.393 e. The number of nitrogens with one attached hydrogen (secondary N) is 2. The van der Waals surface area contributed by atoms with Crippen molar-refractivity contribution in [1.82, 2.24) is 15.0 Å². The van der Waals surface area contributed by atoms with Crippen molar-refractivity contribution in [3.63, 3.8) is 0 Å². The van der Waals surface area contributed by atoms with Crippen LogP contribution in [0.4, 0.5) is 28.1 Å². The molecule has 136 valence electrons. The highest BCUT2D eigenvalue weighted by molar-refractivity contribution is 7.22. The quantitative estimate of drug-likeness (QED) is 0.426. The number of hydrogen-bond acceptors (Lipinski definition) is 7. The van der Waals surface area contributed by atoms with E-state index in [9.17, 15) is 0 Å². The predicted molar refractivity (Wildman–Crippen MR) is 114 cm³/mol. The van der Waals surface area contributed by atoms with Crippen LogP contribution >= 0.6 is 22.9 Å². The summed E-state index contributed by atoms with van der Waals surface area (Å²) in [4.78, 5) is 13.1. The van der Waals surface area contributed by atoms with Crippen LogP contribution in [0.5, 0.6) is 0 Å². The number of fused-ring (bicyclic) bond motifs is 1. The molecule has 2 aromatic heterocycles. The Morgan fingerprint density at radius 2 is 1.78 bits per heavy atom. The molecular weight excluding hydrogens is 380 g/mol. The summed E-state index contributed by atoms with van der Waals surface area (Å²) in [5.41, 5.74) is 10.7. The molecule has 4 N–H and O–H groups in total. The van der Waals surface area contributed by atoms with Gasteiger partial charge in [0.15, 0.2) is 16.8 Å². The molecule has 0 aliphatic carbocycles. The van der Waals surface area contributed by atoms with Gasteiger partial charge in [0, 0.05) is 10.7 Å². The topological polar surface area (TPSA) is 88.8 Å². The Balaban J connectivity index is 1.62. The molecule has 8 heteroatoms. The lowest BCUT2D eigenvalue weighted by molar-refractivity contribution is 1.17. The van der Waals surface area contributed by atoms with Crippen molar-refractivity contribution in [3.8, 4) is 0 Å². The van der Waals surface area contributed by atoms with E-state index in [2.05, 4.69) is 38.6 Å². The maximum absolute atomic E-state index is 6.28. The zero-order chi connectivity index (χ0) is 19.0. The summed E-state index contributed by atoms with van der Waals surface area (Å²) in [7, 11) is 0. The third-order valence-corrected chi connectivity index (χ3v) is 5.26. The number of nitrogen functional groups attached to an aromatic ring is 1. The molecule has 0 saturated carbocycles. The maximum atomic E-state index is 6.28. The molecule has 0 aliphatic heterocycles. The zero-order valence-corrected chi connectivity index (χ0v) is 16.3. The molecule has 0 amide bonds. The lowest BCUT2D eigenvalue weighted by Crippen LogP contribution is -2.05. The highest BCUT2D eigenvalue weighted by atomic mass is 35.5. The van der Waals surface area contributed by atoms with Crippen LogP contribution in [0.15, 0.2) is 42.7 Å². The Bertz CT molecular complexity index is 1140.